The number of ketones is 1. The number of rotatable bonds is 3. The van der Waals surface area contributed by atoms with Crippen LogP contribution in [0.15, 0.2) is 48.6 Å². The summed E-state index contributed by atoms with van der Waals surface area (Å²) in [5.41, 5.74) is 1.51. The Kier molecular flexibility index (Phi) is 3.89. The van der Waals surface area contributed by atoms with Crippen LogP contribution in [0.1, 0.15) is 35.3 Å². The molecule has 0 atom stereocenters. The van der Waals surface area contributed by atoms with Gasteiger partial charge in [-0.3, -0.25) is 4.79 Å². The Hall–Kier alpha value is -3.01. The van der Waals surface area contributed by atoms with Gasteiger partial charge >= 0.3 is 0 Å². The van der Waals surface area contributed by atoms with E-state index in [9.17, 15) is 15.0 Å². The molecule has 1 heterocycles. The van der Waals surface area contributed by atoms with Crippen molar-refractivity contribution >= 4 is 17.9 Å². The third kappa shape index (κ3) is 3.33. The fraction of sp³-hybridized carbons (Fsp3) is 0.150. The van der Waals surface area contributed by atoms with Crippen LogP contribution in [0.25, 0.3) is 12.2 Å². The molecule has 0 fully saturated rings. The van der Waals surface area contributed by atoms with Gasteiger partial charge in [-0.05, 0) is 62.4 Å². The van der Waals surface area contributed by atoms with Gasteiger partial charge in [0, 0.05) is 22.8 Å². The number of fused-ring (bicyclic) bond motifs is 1. The van der Waals surface area contributed by atoms with Gasteiger partial charge in [-0.2, -0.15) is 0 Å². The van der Waals surface area contributed by atoms with Crippen LogP contribution in [0.3, 0.4) is 0 Å². The molecule has 0 saturated carbocycles. The van der Waals surface area contributed by atoms with Gasteiger partial charge in [0.2, 0.25) is 0 Å². The van der Waals surface area contributed by atoms with Crippen molar-refractivity contribution in [2.24, 2.45) is 0 Å². The van der Waals surface area contributed by atoms with Gasteiger partial charge in [-0.15, -0.1) is 0 Å². The minimum atomic E-state index is -0.352. The molecule has 0 aromatic heterocycles. The van der Waals surface area contributed by atoms with Crippen LogP contribution in [0.2, 0.25) is 0 Å². The maximum Gasteiger partial charge on any atom is 0.185 e. The van der Waals surface area contributed by atoms with Crippen LogP contribution in [0, 0.1) is 0 Å². The number of carbonyl (C=O) groups is 1. The molecule has 4 nitrogen and oxygen atoms in total. The molecule has 2 aromatic rings. The number of hydrogen-bond donors (Lipinski definition) is 2. The molecule has 122 valence electrons. The summed E-state index contributed by atoms with van der Waals surface area (Å²) >= 11 is 0. The summed E-state index contributed by atoms with van der Waals surface area (Å²) in [5.74, 6) is 0.464. The van der Waals surface area contributed by atoms with Crippen molar-refractivity contribution in [3.05, 3.63) is 65.2 Å². The average molecular weight is 322 g/mol. The molecule has 24 heavy (non-hydrogen) atoms. The lowest BCUT2D eigenvalue weighted by Gasteiger charge is -2.27. The summed E-state index contributed by atoms with van der Waals surface area (Å²) in [4.78, 5) is 12.3. The molecule has 3 rings (SSSR count). The molecular weight excluding hydrogens is 304 g/mol. The number of hydrogen-bond acceptors (Lipinski definition) is 4. The van der Waals surface area contributed by atoms with E-state index >= 15 is 0 Å². The molecule has 1 aliphatic heterocycles. The van der Waals surface area contributed by atoms with E-state index in [2.05, 4.69) is 0 Å². The highest BCUT2D eigenvalue weighted by Gasteiger charge is 2.21. The number of phenolic OH excluding ortho intramolecular Hbond substituents is 2. The Morgan fingerprint density at radius 2 is 1.92 bits per heavy atom. The van der Waals surface area contributed by atoms with Crippen LogP contribution in [-0.4, -0.2) is 21.6 Å². The Labute approximate surface area is 140 Å². The monoisotopic (exact) mass is 322 g/mol. The van der Waals surface area contributed by atoms with Gasteiger partial charge in [0.05, 0.1) is 0 Å². The minimum Gasteiger partial charge on any atom is -0.508 e. The molecule has 0 unspecified atom stereocenters. The fourth-order valence-electron chi connectivity index (χ4n) is 2.47. The third-order valence-electron chi connectivity index (χ3n) is 3.76. The molecule has 2 N–H and O–H groups in total. The molecule has 0 bridgehead atoms. The van der Waals surface area contributed by atoms with E-state index < -0.39 is 0 Å². The van der Waals surface area contributed by atoms with Crippen molar-refractivity contribution in [1.82, 2.24) is 0 Å². The largest absolute Gasteiger partial charge is 0.508 e. The summed E-state index contributed by atoms with van der Waals surface area (Å²) < 4.78 is 5.84. The zero-order valence-corrected chi connectivity index (χ0v) is 13.5. The molecular formula is C20H18O4. The lowest BCUT2D eigenvalue weighted by molar-refractivity contribution is 0.104. The second-order valence-corrected chi connectivity index (χ2v) is 6.23. The first-order chi connectivity index (χ1) is 11.3. The van der Waals surface area contributed by atoms with Crippen molar-refractivity contribution in [3.8, 4) is 17.2 Å². The highest BCUT2D eigenvalue weighted by molar-refractivity contribution is 6.07. The van der Waals surface area contributed by atoms with Gasteiger partial charge in [-0.1, -0.05) is 6.08 Å². The van der Waals surface area contributed by atoms with Gasteiger partial charge < -0.3 is 14.9 Å². The Bertz CT molecular complexity index is 860. The molecule has 0 amide bonds. The second-order valence-electron chi connectivity index (χ2n) is 6.23. The molecule has 1 aliphatic rings. The Morgan fingerprint density at radius 3 is 2.67 bits per heavy atom. The standard InChI is InChI=1S/C20H18O4/c1-20(2)10-9-15-11-14(5-8-19(15)24-20)17(22)7-4-13-3-6-16(21)12-18(13)23/h3-12,21,23H,1-2H3/b7-4+. The number of allylic oxidation sites excluding steroid dienone is 1. The summed E-state index contributed by atoms with van der Waals surface area (Å²) in [6.07, 6.45) is 6.82. The number of phenols is 2. The van der Waals surface area contributed by atoms with Crippen LogP contribution in [0.5, 0.6) is 17.2 Å². The zero-order chi connectivity index (χ0) is 17.3. The Morgan fingerprint density at radius 1 is 1.12 bits per heavy atom. The third-order valence-corrected chi connectivity index (χ3v) is 3.76. The van der Waals surface area contributed by atoms with Crippen molar-refractivity contribution in [2.75, 3.05) is 0 Å². The SMILES string of the molecule is CC1(C)C=Cc2cc(C(=O)/C=C/c3ccc(O)cc3O)ccc2O1. The smallest absolute Gasteiger partial charge is 0.185 e. The molecule has 2 aromatic carbocycles. The van der Waals surface area contributed by atoms with E-state index in [1.807, 2.05) is 26.0 Å². The van der Waals surface area contributed by atoms with E-state index in [1.54, 1.807) is 24.3 Å². The molecule has 0 radical (unpaired) electrons. The van der Waals surface area contributed by atoms with Crippen LogP contribution in [-0.2, 0) is 0 Å². The van der Waals surface area contributed by atoms with Crippen molar-refractivity contribution in [2.45, 2.75) is 19.4 Å². The van der Waals surface area contributed by atoms with Gasteiger partial charge in [-0.25, -0.2) is 0 Å². The minimum absolute atomic E-state index is 0.0274. The molecule has 0 saturated heterocycles. The van der Waals surface area contributed by atoms with Crippen molar-refractivity contribution in [1.29, 1.82) is 0 Å². The highest BCUT2D eigenvalue weighted by atomic mass is 16.5. The summed E-state index contributed by atoms with van der Waals surface area (Å²) in [6, 6.07) is 9.51. The second kappa shape index (κ2) is 5.89. The van der Waals surface area contributed by atoms with Crippen molar-refractivity contribution < 1.29 is 19.7 Å². The van der Waals surface area contributed by atoms with E-state index in [-0.39, 0.29) is 22.9 Å². The van der Waals surface area contributed by atoms with E-state index in [0.717, 1.165) is 11.3 Å². The number of ether oxygens (including phenoxy) is 1. The maximum atomic E-state index is 12.3. The summed E-state index contributed by atoms with van der Waals surface area (Å²) in [5, 5.41) is 19.0. The lowest BCUT2D eigenvalue weighted by atomic mass is 9.99. The van der Waals surface area contributed by atoms with E-state index in [4.69, 9.17) is 4.74 Å². The zero-order valence-electron chi connectivity index (χ0n) is 13.5. The number of benzene rings is 2. The first-order valence-electron chi connectivity index (χ1n) is 7.61. The van der Waals surface area contributed by atoms with E-state index in [1.165, 1.54) is 24.3 Å². The number of carbonyl (C=O) groups excluding carboxylic acids is 1. The first-order valence-corrected chi connectivity index (χ1v) is 7.61. The predicted molar refractivity (Wildman–Crippen MR) is 93.3 cm³/mol. The molecule has 4 heteroatoms. The van der Waals surface area contributed by atoms with Crippen molar-refractivity contribution in [3.63, 3.8) is 0 Å². The maximum absolute atomic E-state index is 12.3. The fourth-order valence-corrected chi connectivity index (χ4v) is 2.47. The van der Waals surface area contributed by atoms with Crippen LogP contribution in [0.4, 0.5) is 0 Å². The van der Waals surface area contributed by atoms with Gasteiger partial charge in [0.1, 0.15) is 22.8 Å². The van der Waals surface area contributed by atoms with Gasteiger partial charge in [0.25, 0.3) is 0 Å². The average Bonchev–Trinajstić information content (AvgIpc) is 2.52. The Balaban J connectivity index is 1.82. The molecule has 0 aliphatic carbocycles. The quantitative estimate of drug-likeness (QED) is 0.657. The normalized spacial score (nSPS) is 15.1. The lowest BCUT2D eigenvalue weighted by Crippen LogP contribution is -2.27. The highest BCUT2D eigenvalue weighted by Crippen LogP contribution is 2.31. The first kappa shape index (κ1) is 15.9. The summed E-state index contributed by atoms with van der Waals surface area (Å²) in [7, 11) is 0. The number of aromatic hydroxyl groups is 2. The van der Waals surface area contributed by atoms with E-state index in [0.29, 0.717) is 11.1 Å². The predicted octanol–water partition coefficient (Wildman–Crippen LogP) is 4.18. The topological polar surface area (TPSA) is 66.8 Å². The molecule has 0 spiro atoms. The van der Waals surface area contributed by atoms with Gasteiger partial charge in [0.15, 0.2) is 5.78 Å². The van der Waals surface area contributed by atoms with Crippen LogP contribution >= 0.6 is 0 Å². The summed E-state index contributed by atoms with van der Waals surface area (Å²) in [6.45, 7) is 3.94. The van der Waals surface area contributed by atoms with Crippen LogP contribution < -0.4 is 4.74 Å².